The first-order valence-corrected chi connectivity index (χ1v) is 9.19. The van der Waals surface area contributed by atoms with Crippen LogP contribution in [0.3, 0.4) is 0 Å². The van der Waals surface area contributed by atoms with Crippen LogP contribution in [0.25, 0.3) is 0 Å². The number of benzene rings is 2. The molecule has 0 radical (unpaired) electrons. The summed E-state index contributed by atoms with van der Waals surface area (Å²) >= 11 is 0. The van der Waals surface area contributed by atoms with Gasteiger partial charge in [0.25, 0.3) is 0 Å². The zero-order valence-electron chi connectivity index (χ0n) is 15.2. The van der Waals surface area contributed by atoms with Gasteiger partial charge in [-0.3, -0.25) is 0 Å². The molecule has 2 aromatic carbocycles. The van der Waals surface area contributed by atoms with E-state index >= 15 is 0 Å². The van der Waals surface area contributed by atoms with Crippen LogP contribution in [0.5, 0.6) is 11.5 Å². The van der Waals surface area contributed by atoms with Crippen LogP contribution in [0.2, 0.25) is 0 Å². The number of carbonyl (C=O) groups is 1. The Hall–Kier alpha value is -2.25. The maximum Gasteiger partial charge on any atom is 0.382 e. The van der Waals surface area contributed by atoms with E-state index in [4.69, 9.17) is 9.05 Å². The lowest BCUT2D eigenvalue weighted by molar-refractivity contribution is -0.106. The van der Waals surface area contributed by atoms with Crippen molar-refractivity contribution in [2.45, 2.75) is 26.2 Å². The molecule has 0 aliphatic rings. The van der Waals surface area contributed by atoms with Gasteiger partial charge in [-0.25, -0.2) is 18.3 Å². The molecule has 0 saturated heterocycles. The lowest BCUT2D eigenvalue weighted by Gasteiger charge is -2.21. The van der Waals surface area contributed by atoms with Crippen molar-refractivity contribution in [3.63, 3.8) is 0 Å². The molecule has 0 bridgehead atoms. The van der Waals surface area contributed by atoms with E-state index in [9.17, 15) is 26.7 Å². The highest BCUT2D eigenvalue weighted by atomic mass is 31.2. The summed E-state index contributed by atoms with van der Waals surface area (Å²) in [6, 6.07) is 6.61. The predicted molar refractivity (Wildman–Crippen MR) is 93.6 cm³/mol. The first-order chi connectivity index (χ1) is 13.1. The average Bonchev–Trinajstić information content (AvgIpc) is 2.65. The van der Waals surface area contributed by atoms with Gasteiger partial charge in [0.05, 0.1) is 6.54 Å². The topological polar surface area (TPSA) is 47.6 Å². The van der Waals surface area contributed by atoms with Crippen LogP contribution in [-0.2, 0) is 10.2 Å². The number of hydrogen-bond donors (Lipinski definition) is 1. The smallest absolute Gasteiger partial charge is 0.382 e. The van der Waals surface area contributed by atoms with E-state index in [1.165, 1.54) is 0 Å². The summed E-state index contributed by atoms with van der Waals surface area (Å²) in [5, 5.41) is 2.40. The number of aldehydes is 1. The monoisotopic (exact) mass is 421 g/mol. The van der Waals surface area contributed by atoms with Crippen molar-refractivity contribution < 1.29 is 35.8 Å². The lowest BCUT2D eigenvalue weighted by atomic mass is 9.87. The molecule has 10 heteroatoms. The second kappa shape index (κ2) is 8.84. The minimum Gasteiger partial charge on any atom is -0.427 e. The second-order valence-electron chi connectivity index (χ2n) is 6.64. The molecule has 2 rings (SSSR count). The highest BCUT2D eigenvalue weighted by Crippen LogP contribution is 2.41. The average molecular weight is 421 g/mol. The third kappa shape index (κ3) is 4.97. The van der Waals surface area contributed by atoms with Crippen molar-refractivity contribution in [3.05, 3.63) is 58.9 Å². The van der Waals surface area contributed by atoms with Gasteiger partial charge in [0.15, 0.2) is 0 Å². The van der Waals surface area contributed by atoms with Crippen molar-refractivity contribution in [1.82, 2.24) is 5.09 Å². The molecular formula is C18H17F5NO3P. The van der Waals surface area contributed by atoms with E-state index < -0.39 is 43.4 Å². The standard InChI is InChI=1S/C18H17F5NO3P/c1-18(2,3)10-4-6-11(7-5-10)26-28(24-8-9-25)27-17-15(22)13(20)12(19)14(21)16(17)23/h4-7,9,24H,8H2,1-3H3. The van der Waals surface area contributed by atoms with E-state index in [0.29, 0.717) is 6.29 Å². The zero-order chi connectivity index (χ0) is 21.1. The van der Waals surface area contributed by atoms with Crippen molar-refractivity contribution in [2.75, 3.05) is 6.54 Å². The Morgan fingerprint density at radius 1 is 0.893 bits per heavy atom. The predicted octanol–water partition coefficient (Wildman–Crippen LogP) is 5.15. The van der Waals surface area contributed by atoms with Gasteiger partial charge in [-0.1, -0.05) is 32.9 Å². The van der Waals surface area contributed by atoms with Crippen molar-refractivity contribution >= 4 is 14.8 Å². The van der Waals surface area contributed by atoms with Gasteiger partial charge >= 0.3 is 8.53 Å². The van der Waals surface area contributed by atoms with Gasteiger partial charge in [0.2, 0.25) is 34.8 Å². The molecular weight excluding hydrogens is 404 g/mol. The van der Waals surface area contributed by atoms with E-state index in [2.05, 4.69) is 5.09 Å². The molecule has 0 aliphatic heterocycles. The van der Waals surface area contributed by atoms with Crippen LogP contribution < -0.4 is 14.1 Å². The van der Waals surface area contributed by atoms with Crippen LogP contribution in [0.4, 0.5) is 22.0 Å². The third-order valence-corrected chi connectivity index (χ3v) is 4.72. The van der Waals surface area contributed by atoms with Crippen LogP contribution in [-0.4, -0.2) is 12.8 Å². The summed E-state index contributed by atoms with van der Waals surface area (Å²) in [6.45, 7) is 5.65. The molecule has 1 N–H and O–H groups in total. The van der Waals surface area contributed by atoms with Crippen molar-refractivity contribution in [3.8, 4) is 11.5 Å². The van der Waals surface area contributed by atoms with Gasteiger partial charge < -0.3 is 13.8 Å². The second-order valence-corrected chi connectivity index (χ2v) is 7.84. The molecule has 0 fully saturated rings. The summed E-state index contributed by atoms with van der Waals surface area (Å²) in [6.07, 6.45) is 0.420. The van der Waals surface area contributed by atoms with Crippen LogP contribution in [0, 0.1) is 29.1 Å². The molecule has 0 saturated carbocycles. The number of halogens is 5. The SMILES string of the molecule is CC(C)(C)c1ccc(OP(NCC=O)Oc2c(F)c(F)c(F)c(F)c2F)cc1. The summed E-state index contributed by atoms with van der Waals surface area (Å²) in [5.41, 5.74) is 0.844. The maximum atomic E-state index is 13.8. The minimum atomic E-state index is -2.44. The van der Waals surface area contributed by atoms with E-state index in [0.717, 1.165) is 5.56 Å². The summed E-state index contributed by atoms with van der Waals surface area (Å²) in [7, 11) is -2.44. The quantitative estimate of drug-likeness (QED) is 0.221. The highest BCUT2D eigenvalue weighted by molar-refractivity contribution is 7.45. The largest absolute Gasteiger partial charge is 0.427 e. The first-order valence-electron chi connectivity index (χ1n) is 8.01. The Kier molecular flexibility index (Phi) is 6.96. The molecule has 0 spiro atoms. The van der Waals surface area contributed by atoms with Crippen molar-refractivity contribution in [1.29, 1.82) is 0 Å². The molecule has 0 amide bonds. The Morgan fingerprint density at radius 3 is 1.86 bits per heavy atom. The Morgan fingerprint density at radius 2 is 1.39 bits per heavy atom. The normalized spacial score (nSPS) is 12.6. The fraction of sp³-hybridized carbons (Fsp3) is 0.278. The summed E-state index contributed by atoms with van der Waals surface area (Å²) in [5.74, 6) is -12.1. The first kappa shape index (κ1) is 22.0. The molecule has 4 nitrogen and oxygen atoms in total. The number of rotatable bonds is 7. The van der Waals surface area contributed by atoms with Gasteiger partial charge in [-0.15, -0.1) is 0 Å². The third-order valence-electron chi connectivity index (χ3n) is 3.56. The molecule has 28 heavy (non-hydrogen) atoms. The molecule has 0 heterocycles. The highest BCUT2D eigenvalue weighted by Gasteiger charge is 2.30. The lowest BCUT2D eigenvalue weighted by Crippen LogP contribution is -2.18. The molecule has 1 unspecified atom stereocenters. The minimum absolute atomic E-state index is 0.134. The Labute approximate surface area is 159 Å². The number of nitrogens with one attached hydrogen (secondary N) is 1. The fourth-order valence-electron chi connectivity index (χ4n) is 2.05. The zero-order valence-corrected chi connectivity index (χ0v) is 16.1. The number of hydrogen-bond acceptors (Lipinski definition) is 4. The molecule has 0 aliphatic carbocycles. The molecule has 152 valence electrons. The maximum absolute atomic E-state index is 13.8. The summed E-state index contributed by atoms with van der Waals surface area (Å²) < 4.78 is 77.7. The van der Waals surface area contributed by atoms with Gasteiger partial charge in [0, 0.05) is 0 Å². The molecule has 0 aromatic heterocycles. The molecule has 2 aromatic rings. The molecule has 1 atom stereocenters. The van der Waals surface area contributed by atoms with Crippen LogP contribution >= 0.6 is 8.53 Å². The number of carbonyl (C=O) groups excluding carboxylic acids is 1. The van der Waals surface area contributed by atoms with E-state index in [1.54, 1.807) is 24.3 Å². The fourth-order valence-corrected chi connectivity index (χ4v) is 3.08. The van der Waals surface area contributed by atoms with Gasteiger partial charge in [-0.05, 0) is 23.1 Å². The van der Waals surface area contributed by atoms with E-state index in [1.807, 2.05) is 20.8 Å². The van der Waals surface area contributed by atoms with Gasteiger partial charge in [0.1, 0.15) is 12.0 Å². The van der Waals surface area contributed by atoms with Crippen molar-refractivity contribution in [2.24, 2.45) is 0 Å². The van der Waals surface area contributed by atoms with E-state index in [-0.39, 0.29) is 17.7 Å². The van der Waals surface area contributed by atoms with Gasteiger partial charge in [-0.2, -0.15) is 8.78 Å². The Bertz CT molecular complexity index is 827. The van der Waals surface area contributed by atoms with Crippen LogP contribution in [0.1, 0.15) is 26.3 Å². The summed E-state index contributed by atoms with van der Waals surface area (Å²) in [4.78, 5) is 10.6. The Balaban J connectivity index is 2.29. The van der Waals surface area contributed by atoms with Crippen LogP contribution in [0.15, 0.2) is 24.3 Å².